The zero-order valence-corrected chi connectivity index (χ0v) is 17.4. The molecule has 2 aromatic carbocycles. The first-order chi connectivity index (χ1) is 14.5. The van der Waals surface area contributed by atoms with Gasteiger partial charge in [-0.25, -0.2) is 4.98 Å². The first-order valence-corrected chi connectivity index (χ1v) is 10.00. The summed E-state index contributed by atoms with van der Waals surface area (Å²) in [5.74, 6) is -0.101. The van der Waals surface area contributed by atoms with Gasteiger partial charge in [-0.05, 0) is 44.0 Å². The molecule has 4 aromatic rings. The van der Waals surface area contributed by atoms with Crippen LogP contribution in [0.1, 0.15) is 45.8 Å². The van der Waals surface area contributed by atoms with Crippen molar-refractivity contribution in [2.24, 2.45) is 0 Å². The number of carbonyl (C=O) groups is 1. The van der Waals surface area contributed by atoms with Crippen LogP contribution in [-0.4, -0.2) is 25.2 Å². The SMILES string of the molecule is Cc1nn(Cc2ccccc2)c(C)c1C(=O)NC(C)c1ccc(-n2ccnc2)cc1. The number of imidazole rings is 1. The van der Waals surface area contributed by atoms with E-state index in [0.29, 0.717) is 12.1 Å². The quantitative estimate of drug-likeness (QED) is 0.528. The molecule has 0 radical (unpaired) electrons. The summed E-state index contributed by atoms with van der Waals surface area (Å²) in [5.41, 5.74) is 5.48. The molecule has 4 rings (SSSR count). The molecule has 0 saturated carbocycles. The second-order valence-corrected chi connectivity index (χ2v) is 7.45. The minimum absolute atomic E-state index is 0.101. The summed E-state index contributed by atoms with van der Waals surface area (Å²) in [7, 11) is 0. The van der Waals surface area contributed by atoms with Crippen molar-refractivity contribution in [3.05, 3.63) is 101 Å². The summed E-state index contributed by atoms with van der Waals surface area (Å²) in [4.78, 5) is 17.1. The number of hydrogen-bond acceptors (Lipinski definition) is 3. The standard InChI is InChI=1S/C24H25N5O/c1-17(21-9-11-22(12-10-21)28-14-13-25-16-28)26-24(30)23-18(2)27-29(19(23)3)15-20-7-5-4-6-8-20/h4-14,16-17H,15H2,1-3H3,(H,26,30). The fraction of sp³-hybridized carbons (Fsp3) is 0.208. The molecule has 0 bridgehead atoms. The highest BCUT2D eigenvalue weighted by Gasteiger charge is 2.20. The Morgan fingerprint density at radius 2 is 1.80 bits per heavy atom. The van der Waals surface area contributed by atoms with Crippen LogP contribution in [0.25, 0.3) is 5.69 Å². The molecule has 0 fully saturated rings. The highest BCUT2D eigenvalue weighted by Crippen LogP contribution is 2.19. The Morgan fingerprint density at radius 3 is 2.47 bits per heavy atom. The molecule has 1 amide bonds. The summed E-state index contributed by atoms with van der Waals surface area (Å²) in [5, 5.41) is 7.71. The van der Waals surface area contributed by atoms with Gasteiger partial charge in [0.15, 0.2) is 0 Å². The number of hydrogen-bond donors (Lipinski definition) is 1. The number of nitrogens with one attached hydrogen (secondary N) is 1. The van der Waals surface area contributed by atoms with Crippen molar-refractivity contribution in [1.29, 1.82) is 0 Å². The number of rotatable bonds is 6. The molecule has 2 heterocycles. The number of aromatic nitrogens is 4. The van der Waals surface area contributed by atoms with Gasteiger partial charge in [0.25, 0.3) is 5.91 Å². The van der Waals surface area contributed by atoms with E-state index in [1.807, 2.05) is 78.7 Å². The molecular weight excluding hydrogens is 374 g/mol. The second-order valence-electron chi connectivity index (χ2n) is 7.45. The van der Waals surface area contributed by atoms with E-state index in [0.717, 1.165) is 28.2 Å². The molecule has 1 N–H and O–H groups in total. The van der Waals surface area contributed by atoms with Crippen molar-refractivity contribution >= 4 is 5.91 Å². The predicted octanol–water partition coefficient (Wildman–Crippen LogP) is 4.22. The van der Waals surface area contributed by atoms with E-state index in [4.69, 9.17) is 0 Å². The second kappa shape index (κ2) is 8.37. The topological polar surface area (TPSA) is 64.7 Å². The fourth-order valence-electron chi connectivity index (χ4n) is 3.63. The molecule has 2 aromatic heterocycles. The number of aryl methyl sites for hydroxylation is 1. The van der Waals surface area contributed by atoms with Crippen LogP contribution in [0, 0.1) is 13.8 Å². The van der Waals surface area contributed by atoms with Crippen LogP contribution in [0.15, 0.2) is 73.3 Å². The van der Waals surface area contributed by atoms with Crippen LogP contribution in [-0.2, 0) is 6.54 Å². The van der Waals surface area contributed by atoms with Crippen LogP contribution in [0.4, 0.5) is 0 Å². The van der Waals surface area contributed by atoms with E-state index in [2.05, 4.69) is 27.5 Å². The molecule has 0 spiro atoms. The number of benzene rings is 2. The van der Waals surface area contributed by atoms with Gasteiger partial charge in [-0.2, -0.15) is 5.10 Å². The average molecular weight is 399 g/mol. The monoisotopic (exact) mass is 399 g/mol. The predicted molar refractivity (Wildman–Crippen MR) is 117 cm³/mol. The Labute approximate surface area is 176 Å². The Morgan fingerprint density at radius 1 is 1.07 bits per heavy atom. The van der Waals surface area contributed by atoms with Crippen LogP contribution in [0.2, 0.25) is 0 Å². The number of nitrogens with zero attached hydrogens (tertiary/aromatic N) is 4. The molecule has 30 heavy (non-hydrogen) atoms. The summed E-state index contributed by atoms with van der Waals surface area (Å²) < 4.78 is 3.84. The van der Waals surface area contributed by atoms with Gasteiger partial charge in [0, 0.05) is 23.8 Å². The first-order valence-electron chi connectivity index (χ1n) is 10.00. The maximum absolute atomic E-state index is 13.0. The minimum atomic E-state index is -0.120. The first kappa shape index (κ1) is 19.6. The van der Waals surface area contributed by atoms with Gasteiger partial charge in [-0.15, -0.1) is 0 Å². The maximum atomic E-state index is 13.0. The summed E-state index contributed by atoms with van der Waals surface area (Å²) in [6.45, 7) is 6.46. The molecule has 0 aliphatic rings. The van der Waals surface area contributed by atoms with Gasteiger partial charge in [-0.1, -0.05) is 42.5 Å². The maximum Gasteiger partial charge on any atom is 0.255 e. The molecule has 6 heteroatoms. The van der Waals surface area contributed by atoms with E-state index >= 15 is 0 Å². The smallest absolute Gasteiger partial charge is 0.255 e. The number of carbonyl (C=O) groups excluding carboxylic acids is 1. The lowest BCUT2D eigenvalue weighted by molar-refractivity contribution is 0.0938. The van der Waals surface area contributed by atoms with Gasteiger partial charge in [0.2, 0.25) is 0 Å². The zero-order valence-electron chi connectivity index (χ0n) is 17.4. The highest BCUT2D eigenvalue weighted by molar-refractivity contribution is 5.96. The zero-order chi connectivity index (χ0) is 21.1. The Bertz CT molecular complexity index is 1130. The fourth-order valence-corrected chi connectivity index (χ4v) is 3.63. The van der Waals surface area contributed by atoms with E-state index in [9.17, 15) is 4.79 Å². The molecule has 1 unspecified atom stereocenters. The third-order valence-electron chi connectivity index (χ3n) is 5.33. The highest BCUT2D eigenvalue weighted by atomic mass is 16.1. The van der Waals surface area contributed by atoms with Crippen molar-refractivity contribution in [2.45, 2.75) is 33.4 Å². The van der Waals surface area contributed by atoms with Gasteiger partial charge in [0.05, 0.1) is 30.2 Å². The van der Waals surface area contributed by atoms with Gasteiger partial charge >= 0.3 is 0 Å². The average Bonchev–Trinajstić information content (AvgIpc) is 3.37. The summed E-state index contributed by atoms with van der Waals surface area (Å²) in [6, 6.07) is 18.1. The lowest BCUT2D eigenvalue weighted by Gasteiger charge is -2.15. The Kier molecular flexibility index (Phi) is 5.48. The summed E-state index contributed by atoms with van der Waals surface area (Å²) in [6.07, 6.45) is 5.41. The molecule has 1 atom stereocenters. The normalized spacial score (nSPS) is 12.0. The lowest BCUT2D eigenvalue weighted by Crippen LogP contribution is -2.27. The third kappa shape index (κ3) is 4.03. The van der Waals surface area contributed by atoms with Crippen molar-refractivity contribution in [2.75, 3.05) is 0 Å². The van der Waals surface area contributed by atoms with Crippen molar-refractivity contribution in [3.63, 3.8) is 0 Å². The third-order valence-corrected chi connectivity index (χ3v) is 5.33. The van der Waals surface area contributed by atoms with Crippen LogP contribution >= 0.6 is 0 Å². The Balaban J connectivity index is 1.48. The van der Waals surface area contributed by atoms with E-state index in [-0.39, 0.29) is 11.9 Å². The molecule has 0 saturated heterocycles. The molecular formula is C24H25N5O. The molecule has 0 aliphatic heterocycles. The Hall–Kier alpha value is -3.67. The van der Waals surface area contributed by atoms with Crippen molar-refractivity contribution < 1.29 is 4.79 Å². The minimum Gasteiger partial charge on any atom is -0.345 e. The van der Waals surface area contributed by atoms with Crippen LogP contribution in [0.3, 0.4) is 0 Å². The van der Waals surface area contributed by atoms with E-state index in [1.54, 1.807) is 12.5 Å². The molecule has 6 nitrogen and oxygen atoms in total. The number of amides is 1. The van der Waals surface area contributed by atoms with E-state index in [1.165, 1.54) is 0 Å². The van der Waals surface area contributed by atoms with Crippen molar-refractivity contribution in [3.8, 4) is 5.69 Å². The van der Waals surface area contributed by atoms with Gasteiger partial charge in [-0.3, -0.25) is 9.48 Å². The van der Waals surface area contributed by atoms with Crippen LogP contribution < -0.4 is 5.32 Å². The van der Waals surface area contributed by atoms with E-state index < -0.39 is 0 Å². The molecule has 152 valence electrons. The van der Waals surface area contributed by atoms with Crippen LogP contribution in [0.5, 0.6) is 0 Å². The van der Waals surface area contributed by atoms with Crippen molar-refractivity contribution in [1.82, 2.24) is 24.6 Å². The molecule has 0 aliphatic carbocycles. The summed E-state index contributed by atoms with van der Waals surface area (Å²) >= 11 is 0. The largest absolute Gasteiger partial charge is 0.345 e. The lowest BCUT2D eigenvalue weighted by atomic mass is 10.1. The van der Waals surface area contributed by atoms with Gasteiger partial charge < -0.3 is 9.88 Å². The van der Waals surface area contributed by atoms with Gasteiger partial charge in [0.1, 0.15) is 0 Å².